The normalized spacial score (nSPS) is 12.3. The van der Waals surface area contributed by atoms with Gasteiger partial charge in [-0.2, -0.15) is 0 Å². The lowest BCUT2D eigenvalue weighted by Crippen LogP contribution is -1.98. The van der Waals surface area contributed by atoms with E-state index in [4.69, 9.17) is 0 Å². The van der Waals surface area contributed by atoms with E-state index in [0.29, 0.717) is 5.01 Å². The fourth-order valence-electron chi connectivity index (χ4n) is 1.85. The number of nitrogens with zero attached hydrogens (tertiary/aromatic N) is 2. The Labute approximate surface area is 115 Å². The van der Waals surface area contributed by atoms with Gasteiger partial charge in [-0.3, -0.25) is 4.98 Å². The zero-order valence-electron chi connectivity index (χ0n) is 10.1. The van der Waals surface area contributed by atoms with E-state index in [1.807, 2.05) is 47.8 Å². The van der Waals surface area contributed by atoms with E-state index in [0.717, 1.165) is 16.8 Å². The summed E-state index contributed by atoms with van der Waals surface area (Å²) in [5.74, 6) is 0. The maximum Gasteiger partial charge on any atom is 0.131 e. The summed E-state index contributed by atoms with van der Waals surface area (Å²) >= 11 is 1.47. The van der Waals surface area contributed by atoms with Gasteiger partial charge in [0.2, 0.25) is 0 Å². The number of rotatable bonds is 3. The van der Waals surface area contributed by atoms with Crippen molar-refractivity contribution in [3.63, 3.8) is 0 Å². The van der Waals surface area contributed by atoms with Gasteiger partial charge in [0, 0.05) is 23.3 Å². The van der Waals surface area contributed by atoms with E-state index in [1.54, 1.807) is 12.4 Å². The molecule has 0 aliphatic rings. The van der Waals surface area contributed by atoms with Crippen LogP contribution in [-0.2, 0) is 0 Å². The monoisotopic (exact) mass is 268 g/mol. The number of aromatic nitrogens is 2. The van der Waals surface area contributed by atoms with E-state index in [1.165, 1.54) is 11.3 Å². The van der Waals surface area contributed by atoms with Crippen molar-refractivity contribution in [2.75, 3.05) is 0 Å². The lowest BCUT2D eigenvalue weighted by atomic mass is 10.1. The van der Waals surface area contributed by atoms with Crippen molar-refractivity contribution in [2.24, 2.45) is 0 Å². The number of aliphatic hydroxyl groups is 1. The summed E-state index contributed by atoms with van der Waals surface area (Å²) < 4.78 is 0. The van der Waals surface area contributed by atoms with Crippen molar-refractivity contribution in [3.8, 4) is 11.3 Å². The largest absolute Gasteiger partial charge is 0.381 e. The Morgan fingerprint density at radius 3 is 2.47 bits per heavy atom. The third kappa shape index (κ3) is 2.54. The van der Waals surface area contributed by atoms with E-state index < -0.39 is 6.10 Å². The fourth-order valence-corrected chi connectivity index (χ4v) is 2.68. The quantitative estimate of drug-likeness (QED) is 0.793. The Bertz CT molecular complexity index is 652. The Balaban J connectivity index is 1.90. The molecule has 1 aromatic carbocycles. The number of hydrogen-bond acceptors (Lipinski definition) is 4. The van der Waals surface area contributed by atoms with Crippen LogP contribution in [0.15, 0.2) is 60.2 Å². The zero-order chi connectivity index (χ0) is 13.1. The molecule has 0 saturated carbocycles. The molecule has 3 aromatic rings. The molecule has 1 atom stereocenters. The molecule has 4 heteroatoms. The molecule has 0 spiro atoms. The molecule has 0 amide bonds. The lowest BCUT2D eigenvalue weighted by molar-refractivity contribution is 0.220. The second-order valence-electron chi connectivity index (χ2n) is 4.12. The van der Waals surface area contributed by atoms with Crippen molar-refractivity contribution in [1.82, 2.24) is 9.97 Å². The second-order valence-corrected chi connectivity index (χ2v) is 5.01. The molecule has 1 N–H and O–H groups in total. The molecule has 3 rings (SSSR count). The molecular formula is C15H12N2OS. The molecule has 0 fully saturated rings. The molecule has 2 aromatic heterocycles. The van der Waals surface area contributed by atoms with Gasteiger partial charge in [0.1, 0.15) is 11.1 Å². The molecule has 0 saturated heterocycles. The van der Waals surface area contributed by atoms with Crippen LogP contribution in [0.3, 0.4) is 0 Å². The van der Waals surface area contributed by atoms with Gasteiger partial charge in [0.05, 0.1) is 5.69 Å². The second kappa shape index (κ2) is 5.30. The third-order valence-electron chi connectivity index (χ3n) is 2.85. The standard InChI is InChI=1S/C15H12N2OS/c18-14(12-4-2-1-3-5-12)15-17-13(10-19-15)11-6-8-16-9-7-11/h1-10,14,18H. The maximum absolute atomic E-state index is 10.3. The van der Waals surface area contributed by atoms with Crippen LogP contribution in [0.25, 0.3) is 11.3 Å². The van der Waals surface area contributed by atoms with E-state index in [9.17, 15) is 5.11 Å². The van der Waals surface area contributed by atoms with Gasteiger partial charge in [-0.15, -0.1) is 11.3 Å². The highest BCUT2D eigenvalue weighted by Crippen LogP contribution is 2.28. The lowest BCUT2D eigenvalue weighted by Gasteiger charge is -2.06. The van der Waals surface area contributed by atoms with E-state index >= 15 is 0 Å². The maximum atomic E-state index is 10.3. The summed E-state index contributed by atoms with van der Waals surface area (Å²) in [5.41, 5.74) is 2.74. The highest BCUT2D eigenvalue weighted by atomic mass is 32.1. The Kier molecular flexibility index (Phi) is 3.35. The van der Waals surface area contributed by atoms with Gasteiger partial charge in [-0.25, -0.2) is 4.98 Å². The number of benzene rings is 1. The summed E-state index contributed by atoms with van der Waals surface area (Å²) in [6.45, 7) is 0. The van der Waals surface area contributed by atoms with Crippen LogP contribution in [0.1, 0.15) is 16.7 Å². The first-order valence-corrected chi connectivity index (χ1v) is 6.81. The predicted octanol–water partition coefficient (Wildman–Crippen LogP) is 3.29. The van der Waals surface area contributed by atoms with E-state index in [-0.39, 0.29) is 0 Å². The molecule has 0 bridgehead atoms. The van der Waals surface area contributed by atoms with E-state index in [2.05, 4.69) is 9.97 Å². The van der Waals surface area contributed by atoms with Crippen LogP contribution in [0.2, 0.25) is 0 Å². The number of aliphatic hydroxyl groups excluding tert-OH is 1. The van der Waals surface area contributed by atoms with Gasteiger partial charge in [0.15, 0.2) is 0 Å². The van der Waals surface area contributed by atoms with Crippen molar-refractivity contribution in [2.45, 2.75) is 6.10 Å². The average Bonchev–Trinajstić information content (AvgIpc) is 2.98. The highest BCUT2D eigenvalue weighted by molar-refractivity contribution is 7.10. The molecular weight excluding hydrogens is 256 g/mol. The van der Waals surface area contributed by atoms with Gasteiger partial charge in [-0.1, -0.05) is 30.3 Å². The van der Waals surface area contributed by atoms with Gasteiger partial charge < -0.3 is 5.11 Å². The molecule has 2 heterocycles. The van der Waals surface area contributed by atoms with Gasteiger partial charge in [-0.05, 0) is 17.7 Å². The van der Waals surface area contributed by atoms with Crippen LogP contribution in [-0.4, -0.2) is 15.1 Å². The summed E-state index contributed by atoms with van der Waals surface area (Å²) in [7, 11) is 0. The Hall–Kier alpha value is -2.04. The number of thiazole rings is 1. The SMILES string of the molecule is OC(c1ccccc1)c1nc(-c2ccncc2)cs1. The number of hydrogen-bond donors (Lipinski definition) is 1. The molecule has 1 unspecified atom stereocenters. The minimum Gasteiger partial charge on any atom is -0.381 e. The summed E-state index contributed by atoms with van der Waals surface area (Å²) in [5, 5.41) is 12.9. The molecule has 0 radical (unpaired) electrons. The van der Waals surface area contributed by atoms with Crippen molar-refractivity contribution >= 4 is 11.3 Å². The molecule has 94 valence electrons. The van der Waals surface area contributed by atoms with Crippen molar-refractivity contribution in [3.05, 3.63) is 70.8 Å². The van der Waals surface area contributed by atoms with Crippen LogP contribution >= 0.6 is 11.3 Å². The zero-order valence-corrected chi connectivity index (χ0v) is 10.9. The fraction of sp³-hybridized carbons (Fsp3) is 0.0667. The first kappa shape index (κ1) is 12.0. The molecule has 0 aliphatic heterocycles. The summed E-state index contributed by atoms with van der Waals surface area (Å²) in [4.78, 5) is 8.48. The molecule has 3 nitrogen and oxygen atoms in total. The Morgan fingerprint density at radius 2 is 1.74 bits per heavy atom. The van der Waals surface area contributed by atoms with Crippen LogP contribution in [0, 0.1) is 0 Å². The summed E-state index contributed by atoms with van der Waals surface area (Å²) in [6.07, 6.45) is 2.81. The van der Waals surface area contributed by atoms with Gasteiger partial charge >= 0.3 is 0 Å². The van der Waals surface area contributed by atoms with Crippen molar-refractivity contribution < 1.29 is 5.11 Å². The van der Waals surface area contributed by atoms with Gasteiger partial charge in [0.25, 0.3) is 0 Å². The van der Waals surface area contributed by atoms with Crippen molar-refractivity contribution in [1.29, 1.82) is 0 Å². The minimum atomic E-state index is -0.665. The average molecular weight is 268 g/mol. The molecule has 19 heavy (non-hydrogen) atoms. The van der Waals surface area contributed by atoms with Crippen LogP contribution in [0.4, 0.5) is 0 Å². The minimum absolute atomic E-state index is 0.665. The molecule has 0 aliphatic carbocycles. The first-order valence-electron chi connectivity index (χ1n) is 5.93. The van der Waals surface area contributed by atoms with Crippen LogP contribution in [0.5, 0.6) is 0 Å². The Morgan fingerprint density at radius 1 is 1.00 bits per heavy atom. The topological polar surface area (TPSA) is 46.0 Å². The smallest absolute Gasteiger partial charge is 0.131 e. The first-order chi connectivity index (χ1) is 9.34. The van der Waals surface area contributed by atoms with Crippen LogP contribution < -0.4 is 0 Å². The highest BCUT2D eigenvalue weighted by Gasteiger charge is 2.14. The predicted molar refractivity (Wildman–Crippen MR) is 75.8 cm³/mol. The number of pyridine rings is 1. The summed E-state index contributed by atoms with van der Waals surface area (Å²) in [6, 6.07) is 13.4. The third-order valence-corrected chi connectivity index (χ3v) is 3.74.